The third kappa shape index (κ3) is 3.84. The van der Waals surface area contributed by atoms with Crippen LogP contribution in [0.1, 0.15) is 36.0 Å². The van der Waals surface area contributed by atoms with E-state index in [0.29, 0.717) is 17.3 Å². The first-order valence-electron chi connectivity index (χ1n) is 9.32. The van der Waals surface area contributed by atoms with Crippen LogP contribution in [0.25, 0.3) is 11.3 Å². The lowest BCUT2D eigenvalue weighted by Crippen LogP contribution is -2.17. The molecule has 3 aromatic rings. The maximum absolute atomic E-state index is 12.8. The molecule has 0 unspecified atom stereocenters. The van der Waals surface area contributed by atoms with Gasteiger partial charge in [0.15, 0.2) is 0 Å². The lowest BCUT2D eigenvalue weighted by atomic mass is 10.1. The second-order valence-electron chi connectivity index (χ2n) is 6.91. The highest BCUT2D eigenvalue weighted by Gasteiger charge is 2.17. The number of hydrogen-bond acceptors (Lipinski definition) is 4. The van der Waals surface area contributed by atoms with E-state index in [9.17, 15) is 4.79 Å². The fraction of sp³-hybridized carbons (Fsp3) is 0.286. The van der Waals surface area contributed by atoms with Gasteiger partial charge in [-0.2, -0.15) is 5.10 Å². The Morgan fingerprint density at radius 3 is 2.70 bits per heavy atom. The van der Waals surface area contributed by atoms with Crippen LogP contribution >= 0.6 is 0 Å². The van der Waals surface area contributed by atoms with Gasteiger partial charge in [-0.15, -0.1) is 0 Å². The third-order valence-electron chi connectivity index (χ3n) is 4.96. The molecule has 2 heterocycles. The van der Waals surface area contributed by atoms with E-state index in [-0.39, 0.29) is 5.91 Å². The van der Waals surface area contributed by atoms with Gasteiger partial charge in [0.2, 0.25) is 0 Å². The molecule has 1 fully saturated rings. The Hall–Kier alpha value is -3.15. The lowest BCUT2D eigenvalue weighted by Gasteiger charge is -2.13. The molecule has 27 heavy (non-hydrogen) atoms. The zero-order chi connectivity index (χ0) is 18.6. The number of nitrogens with zero attached hydrogens (tertiary/aromatic N) is 3. The smallest absolute Gasteiger partial charge is 0.255 e. The maximum Gasteiger partial charge on any atom is 0.255 e. The van der Waals surface area contributed by atoms with Crippen molar-refractivity contribution in [2.75, 3.05) is 10.6 Å². The number of pyridine rings is 1. The number of carbonyl (C=O) groups is 1. The van der Waals surface area contributed by atoms with Crippen LogP contribution < -0.4 is 10.6 Å². The van der Waals surface area contributed by atoms with Crippen molar-refractivity contribution in [3.8, 4) is 11.3 Å². The summed E-state index contributed by atoms with van der Waals surface area (Å²) in [7, 11) is 1.87. The number of anilines is 2. The summed E-state index contributed by atoms with van der Waals surface area (Å²) >= 11 is 0. The van der Waals surface area contributed by atoms with Crippen molar-refractivity contribution in [1.82, 2.24) is 14.8 Å². The third-order valence-corrected chi connectivity index (χ3v) is 4.96. The van der Waals surface area contributed by atoms with Crippen LogP contribution in [0.2, 0.25) is 0 Å². The monoisotopic (exact) mass is 361 g/mol. The summed E-state index contributed by atoms with van der Waals surface area (Å²) in [5.74, 6) is 0.584. The summed E-state index contributed by atoms with van der Waals surface area (Å²) in [6, 6.07) is 13.9. The minimum atomic E-state index is -0.169. The first-order chi connectivity index (χ1) is 13.2. The molecular formula is C21H23N5O. The van der Waals surface area contributed by atoms with Gasteiger partial charge < -0.3 is 10.6 Å². The van der Waals surface area contributed by atoms with Gasteiger partial charge in [0.25, 0.3) is 5.91 Å². The predicted octanol–water partition coefficient (Wildman–Crippen LogP) is 4.09. The SMILES string of the molecule is Cn1ncc(NC(=O)c2ccnc(NC3CCCC3)c2)c1-c1ccccc1. The van der Waals surface area contributed by atoms with Crippen LogP contribution in [-0.4, -0.2) is 26.7 Å². The molecule has 0 spiro atoms. The minimum absolute atomic E-state index is 0.169. The highest BCUT2D eigenvalue weighted by molar-refractivity contribution is 6.06. The topological polar surface area (TPSA) is 71.8 Å². The highest BCUT2D eigenvalue weighted by atomic mass is 16.1. The van der Waals surface area contributed by atoms with E-state index in [1.807, 2.05) is 43.4 Å². The minimum Gasteiger partial charge on any atom is -0.367 e. The maximum atomic E-state index is 12.8. The van der Waals surface area contributed by atoms with Gasteiger partial charge in [0.1, 0.15) is 5.82 Å². The van der Waals surface area contributed by atoms with Gasteiger partial charge in [-0.25, -0.2) is 4.98 Å². The van der Waals surface area contributed by atoms with E-state index in [1.54, 1.807) is 23.1 Å². The molecule has 2 N–H and O–H groups in total. The Bertz CT molecular complexity index is 929. The average molecular weight is 361 g/mol. The second kappa shape index (κ2) is 7.61. The van der Waals surface area contributed by atoms with Gasteiger partial charge in [-0.05, 0) is 25.0 Å². The van der Waals surface area contributed by atoms with Crippen LogP contribution in [0, 0.1) is 0 Å². The first kappa shape index (κ1) is 17.3. The van der Waals surface area contributed by atoms with Gasteiger partial charge >= 0.3 is 0 Å². The standard InChI is InChI=1S/C21H23N5O/c1-26-20(15-7-3-2-4-8-15)18(14-23-26)25-21(27)16-11-12-22-19(13-16)24-17-9-5-6-10-17/h2-4,7-8,11-14,17H,5-6,9-10H2,1H3,(H,22,24)(H,25,27). The summed E-state index contributed by atoms with van der Waals surface area (Å²) in [6.07, 6.45) is 8.18. The number of nitrogens with one attached hydrogen (secondary N) is 2. The Balaban J connectivity index is 1.53. The summed E-state index contributed by atoms with van der Waals surface area (Å²) in [5.41, 5.74) is 3.15. The fourth-order valence-corrected chi connectivity index (χ4v) is 3.59. The van der Waals surface area contributed by atoms with Crippen LogP contribution in [-0.2, 0) is 7.05 Å². The molecule has 6 heteroatoms. The van der Waals surface area contributed by atoms with E-state index in [0.717, 1.165) is 29.9 Å². The summed E-state index contributed by atoms with van der Waals surface area (Å²) < 4.78 is 1.77. The molecule has 4 rings (SSSR count). The number of carbonyl (C=O) groups excluding carboxylic acids is 1. The van der Waals surface area contributed by atoms with Crippen molar-refractivity contribution < 1.29 is 4.79 Å². The number of benzene rings is 1. The molecule has 6 nitrogen and oxygen atoms in total. The van der Waals surface area contributed by atoms with Crippen molar-refractivity contribution >= 4 is 17.4 Å². The molecule has 1 aromatic carbocycles. The van der Waals surface area contributed by atoms with Crippen molar-refractivity contribution in [3.63, 3.8) is 0 Å². The molecule has 1 saturated carbocycles. The largest absolute Gasteiger partial charge is 0.367 e. The van der Waals surface area contributed by atoms with E-state index in [2.05, 4.69) is 20.7 Å². The van der Waals surface area contributed by atoms with Gasteiger partial charge in [-0.1, -0.05) is 43.2 Å². The lowest BCUT2D eigenvalue weighted by molar-refractivity contribution is 0.102. The van der Waals surface area contributed by atoms with Gasteiger partial charge in [-0.3, -0.25) is 9.48 Å². The van der Waals surface area contributed by atoms with Crippen molar-refractivity contribution in [1.29, 1.82) is 0 Å². The van der Waals surface area contributed by atoms with Crippen LogP contribution in [0.15, 0.2) is 54.9 Å². The molecule has 2 aromatic heterocycles. The van der Waals surface area contributed by atoms with Crippen LogP contribution in [0.4, 0.5) is 11.5 Å². The Morgan fingerprint density at radius 1 is 1.15 bits per heavy atom. The number of aryl methyl sites for hydroxylation is 1. The molecular weight excluding hydrogens is 338 g/mol. The molecule has 0 saturated heterocycles. The Morgan fingerprint density at radius 2 is 1.93 bits per heavy atom. The first-order valence-corrected chi connectivity index (χ1v) is 9.32. The molecule has 0 atom stereocenters. The molecule has 0 aliphatic heterocycles. The van der Waals surface area contributed by atoms with E-state index in [4.69, 9.17) is 0 Å². The molecule has 138 valence electrons. The summed E-state index contributed by atoms with van der Waals surface area (Å²) in [5, 5.41) is 10.7. The van der Waals surface area contributed by atoms with Crippen molar-refractivity contribution in [2.45, 2.75) is 31.7 Å². The molecule has 1 aliphatic carbocycles. The predicted molar refractivity (Wildman–Crippen MR) is 107 cm³/mol. The molecule has 1 aliphatic rings. The molecule has 1 amide bonds. The van der Waals surface area contributed by atoms with Crippen molar-refractivity contribution in [2.24, 2.45) is 7.05 Å². The summed E-state index contributed by atoms with van der Waals surface area (Å²) in [4.78, 5) is 17.1. The quantitative estimate of drug-likeness (QED) is 0.718. The van der Waals surface area contributed by atoms with E-state index >= 15 is 0 Å². The molecule has 0 bridgehead atoms. The van der Waals surface area contributed by atoms with Gasteiger partial charge in [0, 0.05) is 30.4 Å². The Kier molecular flexibility index (Phi) is 4.87. The normalized spacial score (nSPS) is 14.3. The fourth-order valence-electron chi connectivity index (χ4n) is 3.59. The molecule has 0 radical (unpaired) electrons. The van der Waals surface area contributed by atoms with Crippen LogP contribution in [0.5, 0.6) is 0 Å². The van der Waals surface area contributed by atoms with E-state index < -0.39 is 0 Å². The Labute approximate surface area is 158 Å². The van der Waals surface area contributed by atoms with Crippen molar-refractivity contribution in [3.05, 3.63) is 60.4 Å². The average Bonchev–Trinajstić information content (AvgIpc) is 3.32. The van der Waals surface area contributed by atoms with Gasteiger partial charge in [0.05, 0.1) is 17.6 Å². The highest BCUT2D eigenvalue weighted by Crippen LogP contribution is 2.27. The van der Waals surface area contributed by atoms with Crippen LogP contribution in [0.3, 0.4) is 0 Å². The second-order valence-corrected chi connectivity index (χ2v) is 6.91. The number of rotatable bonds is 5. The number of aromatic nitrogens is 3. The van der Waals surface area contributed by atoms with E-state index in [1.165, 1.54) is 12.8 Å². The summed E-state index contributed by atoms with van der Waals surface area (Å²) in [6.45, 7) is 0. The number of hydrogen-bond donors (Lipinski definition) is 2. The zero-order valence-corrected chi connectivity index (χ0v) is 15.4. The zero-order valence-electron chi connectivity index (χ0n) is 15.4. The number of amides is 1.